The molecule has 2 heterocycles. The maximum absolute atomic E-state index is 6.09. The van der Waals surface area contributed by atoms with E-state index in [0.717, 1.165) is 31.9 Å². The van der Waals surface area contributed by atoms with E-state index in [1.54, 1.807) is 0 Å². The minimum Gasteiger partial charge on any atom is -0.384 e. The molecule has 4 nitrogen and oxygen atoms in total. The van der Waals surface area contributed by atoms with Crippen LogP contribution in [0.5, 0.6) is 0 Å². The SMILES string of the molecule is CCN1CCc2c(nn(C(C)C)c2N)C1. The van der Waals surface area contributed by atoms with Gasteiger partial charge in [0.15, 0.2) is 0 Å². The van der Waals surface area contributed by atoms with Crippen molar-refractivity contribution < 1.29 is 0 Å². The van der Waals surface area contributed by atoms with Gasteiger partial charge in [0, 0.05) is 24.7 Å². The molecule has 84 valence electrons. The summed E-state index contributed by atoms with van der Waals surface area (Å²) in [5, 5.41) is 4.60. The number of nitrogens with zero attached hydrogens (tertiary/aromatic N) is 3. The molecule has 1 aromatic rings. The van der Waals surface area contributed by atoms with Gasteiger partial charge in [-0.1, -0.05) is 6.92 Å². The maximum Gasteiger partial charge on any atom is 0.125 e. The van der Waals surface area contributed by atoms with Crippen molar-refractivity contribution in [3.63, 3.8) is 0 Å². The zero-order valence-corrected chi connectivity index (χ0v) is 9.82. The fourth-order valence-electron chi connectivity index (χ4n) is 2.15. The van der Waals surface area contributed by atoms with Gasteiger partial charge in [0.05, 0.1) is 5.69 Å². The van der Waals surface area contributed by atoms with E-state index in [9.17, 15) is 0 Å². The molecule has 0 aromatic carbocycles. The Kier molecular flexibility index (Phi) is 2.69. The second-order valence-electron chi connectivity index (χ2n) is 4.47. The van der Waals surface area contributed by atoms with Gasteiger partial charge in [-0.05, 0) is 26.8 Å². The summed E-state index contributed by atoms with van der Waals surface area (Å²) in [6.07, 6.45) is 1.04. The summed E-state index contributed by atoms with van der Waals surface area (Å²) in [6, 6.07) is 0.352. The van der Waals surface area contributed by atoms with E-state index in [1.165, 1.54) is 11.3 Å². The van der Waals surface area contributed by atoms with Gasteiger partial charge in [0.1, 0.15) is 5.82 Å². The van der Waals surface area contributed by atoms with Crippen LogP contribution in [0.25, 0.3) is 0 Å². The lowest BCUT2D eigenvalue weighted by Gasteiger charge is -2.24. The monoisotopic (exact) mass is 208 g/mol. The number of anilines is 1. The molecular formula is C11H20N4. The molecule has 0 amide bonds. The predicted octanol–water partition coefficient (Wildman–Crippen LogP) is 1.42. The highest BCUT2D eigenvalue weighted by Crippen LogP contribution is 2.25. The average molecular weight is 208 g/mol. The lowest BCUT2D eigenvalue weighted by atomic mass is 10.1. The van der Waals surface area contributed by atoms with Crippen LogP contribution in [0.2, 0.25) is 0 Å². The van der Waals surface area contributed by atoms with Crippen molar-refractivity contribution in [2.24, 2.45) is 0 Å². The van der Waals surface area contributed by atoms with E-state index >= 15 is 0 Å². The number of nitrogens with two attached hydrogens (primary N) is 1. The summed E-state index contributed by atoms with van der Waals surface area (Å²) in [4.78, 5) is 2.40. The molecule has 0 saturated heterocycles. The van der Waals surface area contributed by atoms with Crippen molar-refractivity contribution in [1.29, 1.82) is 0 Å². The highest BCUT2D eigenvalue weighted by molar-refractivity contribution is 5.45. The Hall–Kier alpha value is -1.03. The Morgan fingerprint density at radius 2 is 2.20 bits per heavy atom. The number of rotatable bonds is 2. The molecule has 0 spiro atoms. The maximum atomic E-state index is 6.09. The first-order chi connectivity index (χ1) is 7.13. The quantitative estimate of drug-likeness (QED) is 0.799. The number of likely N-dealkylation sites (N-methyl/N-ethyl adjacent to an activating group) is 1. The molecular weight excluding hydrogens is 188 g/mol. The molecule has 15 heavy (non-hydrogen) atoms. The molecule has 0 aliphatic carbocycles. The van der Waals surface area contributed by atoms with Crippen LogP contribution in [0.3, 0.4) is 0 Å². The normalized spacial score (nSPS) is 17.1. The van der Waals surface area contributed by atoms with Gasteiger partial charge in [0.2, 0.25) is 0 Å². The molecule has 2 N–H and O–H groups in total. The molecule has 0 atom stereocenters. The van der Waals surface area contributed by atoms with Crippen LogP contribution in [0.4, 0.5) is 5.82 Å². The summed E-state index contributed by atoms with van der Waals surface area (Å²) in [5.74, 6) is 0.871. The fourth-order valence-corrected chi connectivity index (χ4v) is 2.15. The molecule has 1 aromatic heterocycles. The predicted molar refractivity (Wildman–Crippen MR) is 61.7 cm³/mol. The van der Waals surface area contributed by atoms with Gasteiger partial charge in [-0.25, -0.2) is 4.68 Å². The highest BCUT2D eigenvalue weighted by atomic mass is 15.3. The van der Waals surface area contributed by atoms with Gasteiger partial charge < -0.3 is 5.73 Å². The molecule has 0 bridgehead atoms. The second-order valence-corrected chi connectivity index (χ2v) is 4.47. The van der Waals surface area contributed by atoms with Gasteiger partial charge in [-0.15, -0.1) is 0 Å². The van der Waals surface area contributed by atoms with Crippen molar-refractivity contribution in [3.05, 3.63) is 11.3 Å². The first-order valence-corrected chi connectivity index (χ1v) is 5.71. The highest BCUT2D eigenvalue weighted by Gasteiger charge is 2.22. The van der Waals surface area contributed by atoms with Crippen LogP contribution in [0.15, 0.2) is 0 Å². The Morgan fingerprint density at radius 3 is 2.80 bits per heavy atom. The Morgan fingerprint density at radius 1 is 1.47 bits per heavy atom. The van der Waals surface area contributed by atoms with Crippen molar-refractivity contribution in [3.8, 4) is 0 Å². The number of nitrogen functional groups attached to an aromatic ring is 1. The smallest absolute Gasteiger partial charge is 0.125 e. The average Bonchev–Trinajstić information content (AvgIpc) is 2.55. The van der Waals surface area contributed by atoms with Crippen LogP contribution in [0.1, 0.15) is 38.1 Å². The van der Waals surface area contributed by atoms with Crippen LogP contribution < -0.4 is 5.73 Å². The van der Waals surface area contributed by atoms with E-state index in [2.05, 4.69) is 30.8 Å². The molecule has 0 saturated carbocycles. The summed E-state index contributed by atoms with van der Waals surface area (Å²) in [5.41, 5.74) is 8.54. The summed E-state index contributed by atoms with van der Waals surface area (Å²) < 4.78 is 1.95. The minimum absolute atomic E-state index is 0.352. The number of hydrogen-bond donors (Lipinski definition) is 1. The van der Waals surface area contributed by atoms with Crippen LogP contribution >= 0.6 is 0 Å². The van der Waals surface area contributed by atoms with Gasteiger partial charge in [-0.3, -0.25) is 4.90 Å². The van der Waals surface area contributed by atoms with E-state index in [-0.39, 0.29) is 0 Å². The van der Waals surface area contributed by atoms with Crippen LogP contribution in [0, 0.1) is 0 Å². The third kappa shape index (κ3) is 1.74. The first-order valence-electron chi connectivity index (χ1n) is 5.71. The molecule has 0 unspecified atom stereocenters. The van der Waals surface area contributed by atoms with Gasteiger partial charge >= 0.3 is 0 Å². The third-order valence-corrected chi connectivity index (χ3v) is 3.12. The lowest BCUT2D eigenvalue weighted by molar-refractivity contribution is 0.264. The van der Waals surface area contributed by atoms with Crippen molar-refractivity contribution >= 4 is 5.82 Å². The van der Waals surface area contributed by atoms with E-state index in [1.807, 2.05) is 4.68 Å². The van der Waals surface area contributed by atoms with E-state index < -0.39 is 0 Å². The molecule has 2 rings (SSSR count). The van der Waals surface area contributed by atoms with Crippen LogP contribution in [-0.4, -0.2) is 27.8 Å². The standard InChI is InChI=1S/C11H20N4/c1-4-14-6-5-9-10(7-14)13-15(8(2)3)11(9)12/h8H,4-7,12H2,1-3H3. The topological polar surface area (TPSA) is 47.1 Å². The van der Waals surface area contributed by atoms with Crippen molar-refractivity contribution in [1.82, 2.24) is 14.7 Å². The Bertz CT molecular complexity index is 354. The minimum atomic E-state index is 0.352. The zero-order chi connectivity index (χ0) is 11.0. The summed E-state index contributed by atoms with van der Waals surface area (Å²) in [7, 11) is 0. The van der Waals surface area contributed by atoms with Gasteiger partial charge in [-0.2, -0.15) is 5.10 Å². The zero-order valence-electron chi connectivity index (χ0n) is 9.82. The van der Waals surface area contributed by atoms with Crippen molar-refractivity contribution in [2.75, 3.05) is 18.8 Å². The molecule has 4 heteroatoms. The van der Waals surface area contributed by atoms with E-state index in [4.69, 9.17) is 5.73 Å². The molecule has 1 aliphatic rings. The van der Waals surface area contributed by atoms with Crippen molar-refractivity contribution in [2.45, 2.75) is 39.8 Å². The summed E-state index contributed by atoms with van der Waals surface area (Å²) >= 11 is 0. The number of fused-ring (bicyclic) bond motifs is 1. The molecule has 0 fully saturated rings. The molecule has 0 radical (unpaired) electrons. The Balaban J connectivity index is 2.32. The lowest BCUT2D eigenvalue weighted by Crippen LogP contribution is -2.30. The number of aromatic nitrogens is 2. The van der Waals surface area contributed by atoms with Gasteiger partial charge in [0.25, 0.3) is 0 Å². The third-order valence-electron chi connectivity index (χ3n) is 3.12. The Labute approximate surface area is 91.1 Å². The molecule has 1 aliphatic heterocycles. The number of hydrogen-bond acceptors (Lipinski definition) is 3. The fraction of sp³-hybridized carbons (Fsp3) is 0.727. The second kappa shape index (κ2) is 3.85. The summed E-state index contributed by atoms with van der Waals surface area (Å²) in [6.45, 7) is 9.58. The first kappa shape index (κ1) is 10.5. The van der Waals surface area contributed by atoms with Crippen LogP contribution in [-0.2, 0) is 13.0 Å². The van der Waals surface area contributed by atoms with E-state index in [0.29, 0.717) is 6.04 Å². The largest absolute Gasteiger partial charge is 0.384 e.